The fourth-order valence-corrected chi connectivity index (χ4v) is 3.52. The predicted octanol–water partition coefficient (Wildman–Crippen LogP) is 1.89. The van der Waals surface area contributed by atoms with Gasteiger partial charge in [0, 0.05) is 31.4 Å². The van der Waals surface area contributed by atoms with E-state index < -0.39 is 0 Å². The number of nitrogens with zero attached hydrogens (tertiary/aromatic N) is 3. The molecule has 0 bridgehead atoms. The second-order valence-electron chi connectivity index (χ2n) is 6.10. The molecular formula is C16H25N3O. The monoisotopic (exact) mass is 275 g/mol. The van der Waals surface area contributed by atoms with Crippen LogP contribution < -0.4 is 4.90 Å². The van der Waals surface area contributed by atoms with Crippen LogP contribution in [-0.2, 0) is 6.61 Å². The van der Waals surface area contributed by atoms with Gasteiger partial charge in [0.2, 0.25) is 0 Å². The fourth-order valence-electron chi connectivity index (χ4n) is 3.52. The molecule has 1 N–H and O–H groups in total. The lowest BCUT2D eigenvalue weighted by molar-refractivity contribution is 0.248. The lowest BCUT2D eigenvalue weighted by Crippen LogP contribution is -2.38. The zero-order valence-corrected chi connectivity index (χ0v) is 12.2. The van der Waals surface area contributed by atoms with E-state index >= 15 is 0 Å². The van der Waals surface area contributed by atoms with Gasteiger partial charge in [-0.3, -0.25) is 4.98 Å². The average molecular weight is 275 g/mol. The lowest BCUT2D eigenvalue weighted by Gasteiger charge is -2.35. The Hall–Kier alpha value is -1.13. The van der Waals surface area contributed by atoms with Crippen LogP contribution in [0.2, 0.25) is 0 Å². The first kappa shape index (κ1) is 13.8. The summed E-state index contributed by atoms with van der Waals surface area (Å²) in [6, 6.07) is 1.92. The molecule has 2 aliphatic heterocycles. The third kappa shape index (κ3) is 3.13. The Morgan fingerprint density at radius 3 is 2.60 bits per heavy atom. The molecule has 0 atom stereocenters. The molecule has 0 spiro atoms. The number of aromatic nitrogens is 1. The van der Waals surface area contributed by atoms with Crippen molar-refractivity contribution < 1.29 is 5.11 Å². The minimum Gasteiger partial charge on any atom is -0.392 e. The molecule has 0 aliphatic carbocycles. The number of aliphatic hydroxyl groups is 1. The van der Waals surface area contributed by atoms with Crippen LogP contribution in [0.3, 0.4) is 0 Å². The van der Waals surface area contributed by atoms with Gasteiger partial charge < -0.3 is 14.9 Å². The molecule has 1 aromatic rings. The van der Waals surface area contributed by atoms with Gasteiger partial charge in [0.25, 0.3) is 0 Å². The van der Waals surface area contributed by atoms with Crippen LogP contribution in [0.4, 0.5) is 5.69 Å². The lowest BCUT2D eigenvalue weighted by atomic mass is 9.95. The van der Waals surface area contributed by atoms with E-state index in [0.717, 1.165) is 30.3 Å². The van der Waals surface area contributed by atoms with Gasteiger partial charge in [-0.1, -0.05) is 0 Å². The van der Waals surface area contributed by atoms with E-state index in [4.69, 9.17) is 0 Å². The second kappa shape index (κ2) is 6.55. The summed E-state index contributed by atoms with van der Waals surface area (Å²) in [6.07, 6.45) is 8.94. The van der Waals surface area contributed by atoms with Gasteiger partial charge in [0.1, 0.15) is 0 Å². The second-order valence-corrected chi connectivity index (χ2v) is 6.10. The summed E-state index contributed by atoms with van der Waals surface area (Å²) in [7, 11) is 0. The van der Waals surface area contributed by atoms with Crippen molar-refractivity contribution in [3.8, 4) is 0 Å². The van der Waals surface area contributed by atoms with E-state index in [9.17, 15) is 5.11 Å². The molecule has 3 rings (SSSR count). The number of rotatable bonds is 4. The SMILES string of the molecule is OCc1ccncc1N1CCC(CN2CCCC2)CC1. The molecule has 0 amide bonds. The van der Waals surface area contributed by atoms with E-state index in [1.54, 1.807) is 6.20 Å². The van der Waals surface area contributed by atoms with Crippen molar-refractivity contribution in [2.45, 2.75) is 32.3 Å². The summed E-state index contributed by atoms with van der Waals surface area (Å²) in [5.41, 5.74) is 2.12. The number of aliphatic hydroxyl groups excluding tert-OH is 1. The molecule has 4 heteroatoms. The average Bonchev–Trinajstić information content (AvgIpc) is 3.01. The molecule has 0 aromatic carbocycles. The third-order valence-electron chi connectivity index (χ3n) is 4.73. The fraction of sp³-hybridized carbons (Fsp3) is 0.688. The maximum atomic E-state index is 9.43. The molecule has 0 saturated carbocycles. The molecule has 2 fully saturated rings. The zero-order valence-electron chi connectivity index (χ0n) is 12.2. The summed E-state index contributed by atoms with van der Waals surface area (Å²) >= 11 is 0. The molecule has 0 unspecified atom stereocenters. The Bertz CT molecular complexity index is 423. The van der Waals surface area contributed by atoms with Gasteiger partial charge in [-0.05, 0) is 50.8 Å². The van der Waals surface area contributed by atoms with E-state index in [2.05, 4.69) is 14.8 Å². The van der Waals surface area contributed by atoms with Crippen LogP contribution in [-0.4, -0.2) is 47.7 Å². The summed E-state index contributed by atoms with van der Waals surface area (Å²) in [5.74, 6) is 0.846. The van der Waals surface area contributed by atoms with Gasteiger partial charge in [-0.2, -0.15) is 0 Å². The quantitative estimate of drug-likeness (QED) is 0.911. The first-order chi connectivity index (χ1) is 9.86. The van der Waals surface area contributed by atoms with Crippen molar-refractivity contribution in [1.82, 2.24) is 9.88 Å². The summed E-state index contributed by atoms with van der Waals surface area (Å²) in [6.45, 7) is 6.18. The smallest absolute Gasteiger partial charge is 0.0703 e. The van der Waals surface area contributed by atoms with Crippen molar-refractivity contribution >= 4 is 5.69 Å². The molecule has 0 radical (unpaired) electrons. The van der Waals surface area contributed by atoms with Gasteiger partial charge >= 0.3 is 0 Å². The van der Waals surface area contributed by atoms with Crippen LogP contribution in [0.25, 0.3) is 0 Å². The normalized spacial score (nSPS) is 21.6. The van der Waals surface area contributed by atoms with E-state index in [1.807, 2.05) is 12.3 Å². The van der Waals surface area contributed by atoms with E-state index in [0.29, 0.717) is 0 Å². The van der Waals surface area contributed by atoms with Crippen LogP contribution in [0.5, 0.6) is 0 Å². The van der Waals surface area contributed by atoms with Crippen LogP contribution >= 0.6 is 0 Å². The largest absolute Gasteiger partial charge is 0.392 e. The maximum Gasteiger partial charge on any atom is 0.0703 e. The maximum absolute atomic E-state index is 9.43. The van der Waals surface area contributed by atoms with Gasteiger partial charge in [-0.25, -0.2) is 0 Å². The molecule has 4 nitrogen and oxygen atoms in total. The zero-order chi connectivity index (χ0) is 13.8. The van der Waals surface area contributed by atoms with Crippen LogP contribution in [0, 0.1) is 5.92 Å². The highest BCUT2D eigenvalue weighted by atomic mass is 16.3. The number of piperidine rings is 1. The van der Waals surface area contributed by atoms with Crippen molar-refractivity contribution in [1.29, 1.82) is 0 Å². The Kier molecular flexibility index (Phi) is 4.53. The molecular weight excluding hydrogens is 250 g/mol. The molecule has 2 saturated heterocycles. The predicted molar refractivity (Wildman–Crippen MR) is 80.8 cm³/mol. The summed E-state index contributed by atoms with van der Waals surface area (Å²) in [4.78, 5) is 9.23. The first-order valence-electron chi connectivity index (χ1n) is 7.88. The van der Waals surface area contributed by atoms with Crippen molar-refractivity contribution in [2.24, 2.45) is 5.92 Å². The van der Waals surface area contributed by atoms with E-state index in [1.165, 1.54) is 45.3 Å². The molecule has 3 heterocycles. The van der Waals surface area contributed by atoms with Crippen molar-refractivity contribution in [3.05, 3.63) is 24.0 Å². The van der Waals surface area contributed by atoms with Gasteiger partial charge in [0.05, 0.1) is 18.5 Å². The standard InChI is InChI=1S/C16H25N3O/c20-13-15-3-6-17-11-16(15)19-9-4-14(5-10-19)12-18-7-1-2-8-18/h3,6,11,14,20H,1-2,4-5,7-10,12-13H2. The number of hydrogen-bond acceptors (Lipinski definition) is 4. The Balaban J connectivity index is 1.55. The summed E-state index contributed by atoms with van der Waals surface area (Å²) in [5, 5.41) is 9.43. The summed E-state index contributed by atoms with van der Waals surface area (Å²) < 4.78 is 0. The van der Waals surface area contributed by atoms with Gasteiger partial charge in [0.15, 0.2) is 0 Å². The van der Waals surface area contributed by atoms with Crippen molar-refractivity contribution in [2.75, 3.05) is 37.6 Å². The van der Waals surface area contributed by atoms with Crippen LogP contribution in [0.1, 0.15) is 31.2 Å². The van der Waals surface area contributed by atoms with Crippen molar-refractivity contribution in [3.63, 3.8) is 0 Å². The highest BCUT2D eigenvalue weighted by molar-refractivity contribution is 5.51. The Labute approximate surface area is 121 Å². The molecule has 2 aliphatic rings. The number of likely N-dealkylation sites (tertiary alicyclic amines) is 1. The number of anilines is 1. The molecule has 110 valence electrons. The minimum absolute atomic E-state index is 0.103. The first-order valence-corrected chi connectivity index (χ1v) is 7.88. The molecule has 1 aromatic heterocycles. The third-order valence-corrected chi connectivity index (χ3v) is 4.73. The highest BCUT2D eigenvalue weighted by Gasteiger charge is 2.23. The van der Waals surface area contributed by atoms with Gasteiger partial charge in [-0.15, -0.1) is 0 Å². The highest BCUT2D eigenvalue weighted by Crippen LogP contribution is 2.26. The van der Waals surface area contributed by atoms with E-state index in [-0.39, 0.29) is 6.61 Å². The van der Waals surface area contributed by atoms with Crippen LogP contribution in [0.15, 0.2) is 18.5 Å². The minimum atomic E-state index is 0.103. The Morgan fingerprint density at radius 2 is 1.90 bits per heavy atom. The Morgan fingerprint density at radius 1 is 1.15 bits per heavy atom. The number of hydrogen-bond donors (Lipinski definition) is 1. The topological polar surface area (TPSA) is 39.6 Å². The molecule has 20 heavy (non-hydrogen) atoms. The number of pyridine rings is 1.